The Hall–Kier alpha value is -3.84. The fourth-order valence-electron chi connectivity index (χ4n) is 3.83. The molecule has 2 heterocycles. The zero-order valence-corrected chi connectivity index (χ0v) is 19.4. The minimum Gasteiger partial charge on any atom is -0.504 e. The first-order chi connectivity index (χ1) is 17.2. The van der Waals surface area contributed by atoms with E-state index in [1.54, 1.807) is 24.3 Å². The van der Waals surface area contributed by atoms with E-state index in [9.17, 15) is 30.0 Å². The highest BCUT2D eigenvalue weighted by Crippen LogP contribution is 2.43. The maximum atomic E-state index is 12.9. The number of aliphatic hydroxyl groups is 3. The highest BCUT2D eigenvalue weighted by Gasteiger charge is 2.48. The fourth-order valence-corrected chi connectivity index (χ4v) is 3.83. The van der Waals surface area contributed by atoms with Crippen LogP contribution in [0.3, 0.4) is 0 Å². The number of hydrogen-bond acceptors (Lipinski definition) is 12. The second-order valence-electron chi connectivity index (χ2n) is 7.87. The van der Waals surface area contributed by atoms with E-state index in [4.69, 9.17) is 23.4 Å². The Balaban J connectivity index is 1.77. The van der Waals surface area contributed by atoms with Crippen LogP contribution >= 0.6 is 0 Å². The van der Waals surface area contributed by atoms with Crippen LogP contribution < -0.4 is 19.6 Å². The molecule has 0 aliphatic carbocycles. The van der Waals surface area contributed by atoms with Gasteiger partial charge in [-0.25, -0.2) is 4.79 Å². The number of carbonyl (C=O) groups excluding carboxylic acids is 1. The molecule has 1 fully saturated rings. The van der Waals surface area contributed by atoms with Crippen molar-refractivity contribution in [3.8, 4) is 34.3 Å². The van der Waals surface area contributed by atoms with Crippen LogP contribution in [0.1, 0.15) is 0 Å². The Morgan fingerprint density at radius 2 is 1.64 bits per heavy atom. The van der Waals surface area contributed by atoms with Gasteiger partial charge in [-0.15, -0.1) is 0 Å². The lowest BCUT2D eigenvalue weighted by Crippen LogP contribution is -2.61. The van der Waals surface area contributed by atoms with Crippen LogP contribution in [-0.4, -0.2) is 78.4 Å². The Morgan fingerprint density at radius 3 is 2.25 bits per heavy atom. The molecular formula is C24H24O12. The number of aromatic hydroxyl groups is 1. The predicted molar refractivity (Wildman–Crippen MR) is 122 cm³/mol. The van der Waals surface area contributed by atoms with E-state index < -0.39 is 47.9 Å². The van der Waals surface area contributed by atoms with Crippen LogP contribution in [0.4, 0.5) is 0 Å². The molecule has 1 aliphatic rings. The van der Waals surface area contributed by atoms with E-state index in [1.807, 2.05) is 0 Å². The number of ether oxygens (including phenoxy) is 5. The summed E-state index contributed by atoms with van der Waals surface area (Å²) >= 11 is 0. The van der Waals surface area contributed by atoms with Gasteiger partial charge in [0.15, 0.2) is 23.0 Å². The Labute approximate surface area is 203 Å². The number of methoxy groups -OCH3 is 3. The summed E-state index contributed by atoms with van der Waals surface area (Å²) < 4.78 is 31.7. The third kappa shape index (κ3) is 4.42. The van der Waals surface area contributed by atoms with Crippen LogP contribution in [0.2, 0.25) is 0 Å². The summed E-state index contributed by atoms with van der Waals surface area (Å²) in [6.07, 6.45) is -8.79. The van der Waals surface area contributed by atoms with Crippen molar-refractivity contribution >= 4 is 16.9 Å². The molecule has 36 heavy (non-hydrogen) atoms. The van der Waals surface area contributed by atoms with Crippen LogP contribution in [0, 0.1) is 0 Å². The van der Waals surface area contributed by atoms with E-state index in [2.05, 4.69) is 4.74 Å². The summed E-state index contributed by atoms with van der Waals surface area (Å²) in [5.74, 6) is -1.36. The molecule has 0 amide bonds. The number of rotatable bonds is 6. The van der Waals surface area contributed by atoms with Crippen molar-refractivity contribution in [2.45, 2.75) is 30.7 Å². The number of carbonyl (C=O) groups is 1. The third-order valence-corrected chi connectivity index (χ3v) is 5.74. The zero-order valence-electron chi connectivity index (χ0n) is 19.4. The van der Waals surface area contributed by atoms with Gasteiger partial charge >= 0.3 is 5.97 Å². The number of aliphatic hydroxyl groups excluding tert-OH is 3. The quantitative estimate of drug-likeness (QED) is 0.344. The molecule has 3 aromatic rings. The normalized spacial score (nSPS) is 23.8. The smallest absolute Gasteiger partial charge is 0.337 e. The number of fused-ring (bicyclic) bond motifs is 1. The highest BCUT2D eigenvalue weighted by atomic mass is 16.7. The Bertz CT molecular complexity index is 1320. The molecule has 1 saturated heterocycles. The van der Waals surface area contributed by atoms with E-state index in [0.717, 1.165) is 7.11 Å². The van der Waals surface area contributed by atoms with Gasteiger partial charge in [-0.2, -0.15) is 0 Å². The molecule has 0 bridgehead atoms. The second-order valence-corrected chi connectivity index (χ2v) is 7.87. The minimum atomic E-state index is -1.83. The molecule has 0 spiro atoms. The molecule has 5 atom stereocenters. The van der Waals surface area contributed by atoms with Gasteiger partial charge in [-0.3, -0.25) is 4.79 Å². The van der Waals surface area contributed by atoms with Gasteiger partial charge in [0.2, 0.25) is 12.0 Å². The third-order valence-electron chi connectivity index (χ3n) is 5.74. The summed E-state index contributed by atoms with van der Waals surface area (Å²) in [6.45, 7) is 0. The molecule has 0 radical (unpaired) electrons. The number of phenols is 1. The summed E-state index contributed by atoms with van der Waals surface area (Å²) in [6, 6.07) is 9.14. The molecule has 1 aromatic heterocycles. The van der Waals surface area contributed by atoms with Crippen molar-refractivity contribution in [2.24, 2.45) is 0 Å². The molecule has 192 valence electrons. The van der Waals surface area contributed by atoms with Crippen LogP contribution in [-0.2, 0) is 14.3 Å². The number of esters is 1. The predicted octanol–water partition coefficient (Wildman–Crippen LogP) is 0.542. The van der Waals surface area contributed by atoms with Crippen molar-refractivity contribution in [3.05, 3.63) is 46.6 Å². The molecule has 4 rings (SSSR count). The van der Waals surface area contributed by atoms with Gasteiger partial charge in [0, 0.05) is 17.7 Å². The van der Waals surface area contributed by atoms with Crippen LogP contribution in [0.5, 0.6) is 23.0 Å². The molecule has 0 saturated carbocycles. The van der Waals surface area contributed by atoms with Crippen LogP contribution in [0.25, 0.3) is 22.3 Å². The van der Waals surface area contributed by atoms with Gasteiger partial charge in [-0.05, 0) is 24.3 Å². The van der Waals surface area contributed by atoms with Crippen molar-refractivity contribution < 1.29 is 53.3 Å². The first kappa shape index (κ1) is 25.3. The zero-order chi connectivity index (χ0) is 26.1. The topological polar surface area (TPSA) is 174 Å². The molecule has 2 aromatic carbocycles. The maximum Gasteiger partial charge on any atom is 0.337 e. The van der Waals surface area contributed by atoms with Gasteiger partial charge in [0.05, 0.1) is 21.3 Å². The van der Waals surface area contributed by atoms with Crippen molar-refractivity contribution in [2.75, 3.05) is 21.3 Å². The van der Waals surface area contributed by atoms with E-state index in [1.165, 1.54) is 26.4 Å². The van der Waals surface area contributed by atoms with Gasteiger partial charge in [-0.1, -0.05) is 0 Å². The number of hydrogen-bond donors (Lipinski definition) is 4. The molecule has 4 N–H and O–H groups in total. The number of phenolic OH excluding ortho intramolecular Hbond substituents is 1. The summed E-state index contributed by atoms with van der Waals surface area (Å²) in [5.41, 5.74) is -0.101. The fraction of sp³-hybridized carbons (Fsp3) is 0.333. The van der Waals surface area contributed by atoms with Crippen molar-refractivity contribution in [1.29, 1.82) is 0 Å². The monoisotopic (exact) mass is 504 g/mol. The van der Waals surface area contributed by atoms with E-state index in [0.29, 0.717) is 11.3 Å². The lowest BCUT2D eigenvalue weighted by molar-refractivity contribution is -0.272. The Morgan fingerprint density at radius 1 is 0.944 bits per heavy atom. The molecular weight excluding hydrogens is 480 g/mol. The molecule has 0 unspecified atom stereocenters. The Kier molecular flexibility index (Phi) is 7.04. The largest absolute Gasteiger partial charge is 0.504 e. The number of benzene rings is 2. The highest BCUT2D eigenvalue weighted by molar-refractivity contribution is 5.89. The van der Waals surface area contributed by atoms with Crippen molar-refractivity contribution in [1.82, 2.24) is 0 Å². The van der Waals surface area contributed by atoms with E-state index in [-0.39, 0.29) is 28.2 Å². The molecule has 12 heteroatoms. The molecule has 12 nitrogen and oxygen atoms in total. The first-order valence-corrected chi connectivity index (χ1v) is 10.7. The van der Waals surface area contributed by atoms with Gasteiger partial charge in [0.1, 0.15) is 40.8 Å². The van der Waals surface area contributed by atoms with Crippen molar-refractivity contribution in [3.63, 3.8) is 0 Å². The van der Waals surface area contributed by atoms with Gasteiger partial charge < -0.3 is 48.5 Å². The summed E-state index contributed by atoms with van der Waals surface area (Å²) in [4.78, 5) is 24.8. The SMILES string of the molecule is COC(=O)[C@@H]1O[C@@H](Oc2cc3oc(-c4ccc(OC)cc4)cc(=O)c3c(O)c2OC)[C@H](O)[C@@H](O)[C@@H]1O. The molecule has 1 aliphatic heterocycles. The summed E-state index contributed by atoms with van der Waals surface area (Å²) in [5, 5.41) is 41.2. The maximum absolute atomic E-state index is 12.9. The average Bonchev–Trinajstić information content (AvgIpc) is 2.88. The van der Waals surface area contributed by atoms with Crippen LogP contribution in [0.15, 0.2) is 45.6 Å². The summed E-state index contributed by atoms with van der Waals surface area (Å²) in [7, 11) is 3.77. The van der Waals surface area contributed by atoms with E-state index >= 15 is 0 Å². The average molecular weight is 504 g/mol. The van der Waals surface area contributed by atoms with Gasteiger partial charge in [0.25, 0.3) is 0 Å². The lowest BCUT2D eigenvalue weighted by atomic mass is 9.99. The second kappa shape index (κ2) is 10.0. The lowest BCUT2D eigenvalue weighted by Gasteiger charge is -2.38. The standard InChI is InChI=1S/C24H24O12/c1-31-11-6-4-10(5-7-11)13-8-12(25)16-14(34-13)9-15(21(32-2)17(16)26)35-24-20(29)18(27)19(28)22(36-24)23(30)33-3/h4-9,18-20,22,24,26-29H,1-3H3/t18-,19-,20+,22+,24+/m0/s1. The first-order valence-electron chi connectivity index (χ1n) is 10.7. The minimum absolute atomic E-state index is 0.0861.